The van der Waals surface area contributed by atoms with Crippen LogP contribution in [0.3, 0.4) is 0 Å². The minimum Gasteiger partial charge on any atom is -0.352 e. The molecule has 1 N–H and O–H groups in total. The maximum Gasteiger partial charge on any atom is 0.253 e. The van der Waals surface area contributed by atoms with Gasteiger partial charge in [-0.2, -0.15) is 0 Å². The number of carbonyl (C=O) groups is 1. The average Bonchev–Trinajstić information content (AvgIpc) is 3.19. The highest BCUT2D eigenvalue weighted by molar-refractivity contribution is 7.80. The summed E-state index contributed by atoms with van der Waals surface area (Å²) in [7, 11) is 0. The van der Waals surface area contributed by atoms with Crippen molar-refractivity contribution in [3.8, 4) is 0 Å². The molecule has 3 heterocycles. The summed E-state index contributed by atoms with van der Waals surface area (Å²) in [5.74, 6) is 0.506. The van der Waals surface area contributed by atoms with E-state index in [0.29, 0.717) is 47.0 Å². The number of halogens is 1. The fraction of sp³-hybridized carbons (Fsp3) is 0.567. The van der Waals surface area contributed by atoms with E-state index in [2.05, 4.69) is 76.1 Å². The van der Waals surface area contributed by atoms with Crippen molar-refractivity contribution in [2.75, 3.05) is 32.7 Å². The van der Waals surface area contributed by atoms with Gasteiger partial charge in [0.25, 0.3) is 5.91 Å². The molecule has 2 aliphatic heterocycles. The van der Waals surface area contributed by atoms with Crippen molar-refractivity contribution in [3.05, 3.63) is 63.9 Å². The summed E-state index contributed by atoms with van der Waals surface area (Å²) < 4.78 is 0. The van der Waals surface area contributed by atoms with Gasteiger partial charge in [-0.05, 0) is 75.4 Å². The van der Waals surface area contributed by atoms with Gasteiger partial charge in [0.2, 0.25) is 0 Å². The normalized spacial score (nSPS) is 19.9. The Balaban J connectivity index is 1.31. The summed E-state index contributed by atoms with van der Waals surface area (Å²) in [6.45, 7) is 15.2. The van der Waals surface area contributed by atoms with Crippen molar-refractivity contribution >= 4 is 34.8 Å². The number of likely N-dealkylation sites (tertiary alicyclic amines) is 1. The van der Waals surface area contributed by atoms with Gasteiger partial charge in [0.05, 0.1) is 17.3 Å². The van der Waals surface area contributed by atoms with E-state index in [-0.39, 0.29) is 5.91 Å². The van der Waals surface area contributed by atoms with Crippen molar-refractivity contribution in [2.45, 2.75) is 72.0 Å². The smallest absolute Gasteiger partial charge is 0.253 e. The number of pyridine rings is 1. The molecule has 6 nitrogen and oxygen atoms in total. The molecule has 0 spiro atoms. The molecule has 0 aliphatic carbocycles. The minimum atomic E-state index is -0.0736. The van der Waals surface area contributed by atoms with Crippen LogP contribution in [0.25, 0.3) is 0 Å². The number of aryl methyl sites for hydroxylation is 2. The number of nitrogens with one attached hydrogen (secondary N) is 1. The summed E-state index contributed by atoms with van der Waals surface area (Å²) in [6.07, 6.45) is 3.11. The molecular weight excluding hydrogens is 514 g/mol. The zero-order valence-corrected chi connectivity index (χ0v) is 25.0. The quantitative estimate of drug-likeness (QED) is 0.320. The Labute approximate surface area is 238 Å². The third-order valence-corrected chi connectivity index (χ3v) is 8.61. The van der Waals surface area contributed by atoms with E-state index in [0.717, 1.165) is 56.1 Å². The molecule has 2 fully saturated rings. The van der Waals surface area contributed by atoms with Crippen LogP contribution in [-0.2, 0) is 0 Å². The lowest BCUT2D eigenvalue weighted by atomic mass is 9.98. The predicted molar refractivity (Wildman–Crippen MR) is 160 cm³/mol. The maximum absolute atomic E-state index is 12.8. The van der Waals surface area contributed by atoms with E-state index in [1.165, 1.54) is 5.56 Å². The lowest BCUT2D eigenvalue weighted by molar-refractivity contribution is 0.0930. The number of amides is 1. The van der Waals surface area contributed by atoms with Crippen LogP contribution in [0, 0.1) is 19.8 Å². The van der Waals surface area contributed by atoms with Crippen LogP contribution in [0.5, 0.6) is 0 Å². The summed E-state index contributed by atoms with van der Waals surface area (Å²) in [5, 5.41) is 4.53. The Hall–Kier alpha value is -2.22. The number of rotatable bonds is 9. The number of hydrogen-bond acceptors (Lipinski definition) is 4. The topological polar surface area (TPSA) is 51.7 Å². The van der Waals surface area contributed by atoms with Crippen LogP contribution < -0.4 is 5.32 Å². The van der Waals surface area contributed by atoms with Crippen molar-refractivity contribution in [1.82, 2.24) is 25.0 Å². The summed E-state index contributed by atoms with van der Waals surface area (Å²) in [6, 6.07) is 13.8. The van der Waals surface area contributed by atoms with Gasteiger partial charge < -0.3 is 20.0 Å². The van der Waals surface area contributed by atoms with Gasteiger partial charge in [0, 0.05) is 44.8 Å². The van der Waals surface area contributed by atoms with Gasteiger partial charge in [-0.1, -0.05) is 55.8 Å². The number of aromatic nitrogens is 1. The largest absolute Gasteiger partial charge is 0.352 e. The second-order valence-electron chi connectivity index (χ2n) is 11.3. The van der Waals surface area contributed by atoms with Crippen LogP contribution in [-0.4, -0.2) is 75.5 Å². The molecule has 2 aromatic rings. The number of hydrogen-bond donors (Lipinski definition) is 1. The van der Waals surface area contributed by atoms with Gasteiger partial charge in [-0.15, -0.1) is 0 Å². The molecule has 2 atom stereocenters. The van der Waals surface area contributed by atoms with Crippen LogP contribution in [0.1, 0.15) is 73.3 Å². The van der Waals surface area contributed by atoms with Crippen molar-refractivity contribution < 1.29 is 4.79 Å². The van der Waals surface area contributed by atoms with Gasteiger partial charge in [0.1, 0.15) is 5.15 Å². The fourth-order valence-electron chi connectivity index (χ4n) is 6.01. The second kappa shape index (κ2) is 12.8. The van der Waals surface area contributed by atoms with E-state index >= 15 is 0 Å². The summed E-state index contributed by atoms with van der Waals surface area (Å²) in [4.78, 5) is 24.5. The summed E-state index contributed by atoms with van der Waals surface area (Å²) in [5.41, 5.74) is 3.51. The first kappa shape index (κ1) is 28.8. The molecule has 0 bridgehead atoms. The molecule has 38 heavy (non-hydrogen) atoms. The zero-order chi connectivity index (χ0) is 27.4. The molecule has 1 aromatic heterocycles. The predicted octanol–water partition coefficient (Wildman–Crippen LogP) is 5.62. The third-order valence-electron chi connectivity index (χ3n) is 7.95. The van der Waals surface area contributed by atoms with Gasteiger partial charge >= 0.3 is 0 Å². The monoisotopic (exact) mass is 555 g/mol. The number of thiocarbonyl (C=S) groups is 1. The standard InChI is InChI=1S/C30H42ClN5OS/c1-20(2)18-35-19-26(24-9-7-6-8-10-24)36(30(35)38)25-12-15-34(16-13-25)22(4)11-14-32-29(37)28-21(3)17-27(31)33-23(28)5/h6-10,17,20,22,25-26H,11-16,18-19H2,1-5H3,(H,32,37). The number of benzene rings is 1. The van der Waals surface area contributed by atoms with Crippen molar-refractivity contribution in [1.29, 1.82) is 0 Å². The molecule has 0 radical (unpaired) electrons. The first-order valence-corrected chi connectivity index (χ1v) is 14.7. The van der Waals surface area contributed by atoms with Gasteiger partial charge in [-0.25, -0.2) is 4.98 Å². The first-order chi connectivity index (χ1) is 18.2. The van der Waals surface area contributed by atoms with Gasteiger partial charge in [0.15, 0.2) is 5.11 Å². The maximum atomic E-state index is 12.8. The Morgan fingerprint density at radius 3 is 2.47 bits per heavy atom. The molecule has 0 saturated carbocycles. The molecule has 1 amide bonds. The molecule has 8 heteroatoms. The van der Waals surface area contributed by atoms with E-state index in [1.54, 1.807) is 6.07 Å². The van der Waals surface area contributed by atoms with Crippen LogP contribution in [0.15, 0.2) is 36.4 Å². The molecule has 2 saturated heterocycles. The van der Waals surface area contributed by atoms with Crippen molar-refractivity contribution in [3.63, 3.8) is 0 Å². The Bertz CT molecular complexity index is 1100. The average molecular weight is 556 g/mol. The first-order valence-electron chi connectivity index (χ1n) is 13.9. The van der Waals surface area contributed by atoms with Crippen LogP contribution >= 0.6 is 23.8 Å². The lowest BCUT2D eigenvalue weighted by Crippen LogP contribution is -2.49. The van der Waals surface area contributed by atoms with E-state index in [4.69, 9.17) is 23.8 Å². The molecule has 2 aliphatic rings. The van der Waals surface area contributed by atoms with Crippen LogP contribution in [0.4, 0.5) is 0 Å². The SMILES string of the molecule is Cc1cc(Cl)nc(C)c1C(=O)NCCC(C)N1CCC(N2C(=S)N(CC(C)C)CC2c2ccccc2)CC1. The molecular formula is C30H42ClN5OS. The molecule has 206 valence electrons. The Morgan fingerprint density at radius 1 is 1.16 bits per heavy atom. The Morgan fingerprint density at radius 2 is 1.84 bits per heavy atom. The zero-order valence-electron chi connectivity index (χ0n) is 23.4. The molecule has 1 aromatic carbocycles. The number of nitrogens with zero attached hydrogens (tertiary/aromatic N) is 4. The van der Waals surface area contributed by atoms with E-state index < -0.39 is 0 Å². The number of piperidine rings is 1. The fourth-order valence-corrected chi connectivity index (χ4v) is 6.73. The molecule has 4 rings (SSSR count). The second-order valence-corrected chi connectivity index (χ2v) is 12.1. The summed E-state index contributed by atoms with van der Waals surface area (Å²) >= 11 is 12.1. The van der Waals surface area contributed by atoms with Gasteiger partial charge in [-0.3, -0.25) is 4.79 Å². The van der Waals surface area contributed by atoms with Crippen LogP contribution in [0.2, 0.25) is 5.15 Å². The molecule has 2 unspecified atom stereocenters. The van der Waals surface area contributed by atoms with E-state index in [9.17, 15) is 4.79 Å². The lowest BCUT2D eigenvalue weighted by Gasteiger charge is -2.42. The highest BCUT2D eigenvalue weighted by Crippen LogP contribution is 2.35. The van der Waals surface area contributed by atoms with E-state index in [1.807, 2.05) is 13.8 Å². The minimum absolute atomic E-state index is 0.0736. The number of carbonyl (C=O) groups excluding carboxylic acids is 1. The highest BCUT2D eigenvalue weighted by atomic mass is 35.5. The highest BCUT2D eigenvalue weighted by Gasteiger charge is 2.40. The Kier molecular flexibility index (Phi) is 9.66. The third kappa shape index (κ3) is 6.67. The van der Waals surface area contributed by atoms with Crippen molar-refractivity contribution in [2.24, 2.45) is 5.92 Å².